The molecule has 1 aromatic rings. The predicted octanol–water partition coefficient (Wildman–Crippen LogP) is 2.84. The van der Waals surface area contributed by atoms with Gasteiger partial charge >= 0.3 is 0 Å². The summed E-state index contributed by atoms with van der Waals surface area (Å²) in [4.78, 5) is 0. The molecule has 1 N–H and O–H groups in total. The maximum absolute atomic E-state index is 14.0. The third-order valence-corrected chi connectivity index (χ3v) is 3.98. The molecule has 0 bridgehead atoms. The zero-order valence-corrected chi connectivity index (χ0v) is 11.6. The van der Waals surface area contributed by atoms with Crippen LogP contribution in [0.3, 0.4) is 0 Å². The number of nitrogens with one attached hydrogen (secondary N) is 1. The van der Waals surface area contributed by atoms with Gasteiger partial charge in [-0.05, 0) is 46.9 Å². The Morgan fingerprint density at radius 1 is 1.56 bits per heavy atom. The van der Waals surface area contributed by atoms with Crippen molar-refractivity contribution < 1.29 is 9.13 Å². The van der Waals surface area contributed by atoms with E-state index in [1.54, 1.807) is 6.07 Å². The number of nitriles is 1. The van der Waals surface area contributed by atoms with E-state index in [9.17, 15) is 4.39 Å². The van der Waals surface area contributed by atoms with Gasteiger partial charge < -0.3 is 10.1 Å². The van der Waals surface area contributed by atoms with Crippen molar-refractivity contribution in [2.24, 2.45) is 5.92 Å². The summed E-state index contributed by atoms with van der Waals surface area (Å²) >= 11 is 3.08. The molecule has 1 aromatic carbocycles. The normalized spacial score (nSPS) is 23.4. The van der Waals surface area contributed by atoms with Crippen molar-refractivity contribution in [3.05, 3.63) is 28.0 Å². The molecule has 0 spiro atoms. The van der Waals surface area contributed by atoms with Crippen molar-refractivity contribution in [3.63, 3.8) is 0 Å². The lowest BCUT2D eigenvalue weighted by Crippen LogP contribution is -2.43. The summed E-state index contributed by atoms with van der Waals surface area (Å²) in [6.07, 6.45) is 0.983. The quantitative estimate of drug-likeness (QED) is 0.913. The maximum atomic E-state index is 14.0. The number of rotatable bonds is 2. The summed E-state index contributed by atoms with van der Waals surface area (Å²) in [7, 11) is 0. The second-order valence-electron chi connectivity index (χ2n) is 4.48. The Balaban J connectivity index is 2.19. The summed E-state index contributed by atoms with van der Waals surface area (Å²) < 4.78 is 19.9. The first kappa shape index (κ1) is 13.3. The first-order valence-corrected chi connectivity index (χ1v) is 6.68. The molecular formula is C13H14BrFN2O. The Hall–Kier alpha value is -1.12. The molecule has 2 atom stereocenters. The van der Waals surface area contributed by atoms with Gasteiger partial charge in [-0.3, -0.25) is 0 Å². The van der Waals surface area contributed by atoms with Crippen molar-refractivity contribution in [3.8, 4) is 11.8 Å². The van der Waals surface area contributed by atoms with Crippen molar-refractivity contribution in [1.29, 1.82) is 5.26 Å². The molecule has 0 aromatic heterocycles. The van der Waals surface area contributed by atoms with Gasteiger partial charge in [-0.25, -0.2) is 4.39 Å². The van der Waals surface area contributed by atoms with Gasteiger partial charge in [0.1, 0.15) is 12.2 Å². The fraction of sp³-hybridized carbons (Fsp3) is 0.462. The van der Waals surface area contributed by atoms with Gasteiger partial charge in [-0.2, -0.15) is 5.26 Å². The highest BCUT2D eigenvalue weighted by Gasteiger charge is 2.24. The predicted molar refractivity (Wildman–Crippen MR) is 69.9 cm³/mol. The van der Waals surface area contributed by atoms with Crippen LogP contribution in [0.4, 0.5) is 4.39 Å². The standard InChI is InChI=1S/C13H14BrFN2O/c1-8-4-5-17-7-11(8)18-10-3-2-9(6-16)12(14)13(10)15/h2-3,8,11,17H,4-5,7H2,1H3. The zero-order chi connectivity index (χ0) is 13.1. The van der Waals surface area contributed by atoms with Crippen LogP contribution in [0.15, 0.2) is 16.6 Å². The van der Waals surface area contributed by atoms with Crippen molar-refractivity contribution in [2.45, 2.75) is 19.4 Å². The summed E-state index contributed by atoms with van der Waals surface area (Å²) in [6, 6.07) is 4.99. The molecule has 0 radical (unpaired) electrons. The van der Waals surface area contributed by atoms with Gasteiger partial charge in [0.15, 0.2) is 11.6 Å². The van der Waals surface area contributed by atoms with E-state index in [1.807, 2.05) is 6.07 Å². The van der Waals surface area contributed by atoms with Gasteiger partial charge in [0, 0.05) is 6.54 Å². The molecule has 0 aliphatic carbocycles. The number of halogens is 2. The van der Waals surface area contributed by atoms with Gasteiger partial charge in [-0.15, -0.1) is 0 Å². The molecule has 0 amide bonds. The molecule has 1 saturated heterocycles. The van der Waals surface area contributed by atoms with Crippen LogP contribution in [0, 0.1) is 23.1 Å². The Kier molecular flexibility index (Phi) is 4.20. The molecular weight excluding hydrogens is 299 g/mol. The van der Waals surface area contributed by atoms with E-state index in [0.717, 1.165) is 19.5 Å². The molecule has 18 heavy (non-hydrogen) atoms. The van der Waals surface area contributed by atoms with Crippen LogP contribution in [0.5, 0.6) is 5.75 Å². The average molecular weight is 313 g/mol. The summed E-state index contributed by atoms with van der Waals surface area (Å²) in [6.45, 7) is 3.79. The summed E-state index contributed by atoms with van der Waals surface area (Å²) in [5, 5.41) is 12.0. The highest BCUT2D eigenvalue weighted by molar-refractivity contribution is 9.10. The SMILES string of the molecule is CC1CCNCC1Oc1ccc(C#N)c(Br)c1F. The lowest BCUT2D eigenvalue weighted by atomic mass is 9.97. The molecule has 5 heteroatoms. The minimum absolute atomic E-state index is 0.0342. The monoisotopic (exact) mass is 312 g/mol. The first-order valence-electron chi connectivity index (χ1n) is 5.89. The average Bonchev–Trinajstić information content (AvgIpc) is 2.38. The van der Waals surface area contributed by atoms with Crippen molar-refractivity contribution >= 4 is 15.9 Å². The largest absolute Gasteiger partial charge is 0.486 e. The number of hydrogen-bond donors (Lipinski definition) is 1. The number of ether oxygens (including phenoxy) is 1. The molecule has 3 nitrogen and oxygen atoms in total. The Labute approximate surface area is 114 Å². The molecule has 2 rings (SSSR count). The lowest BCUT2D eigenvalue weighted by molar-refractivity contribution is 0.110. The van der Waals surface area contributed by atoms with Crippen LogP contribution in [-0.4, -0.2) is 19.2 Å². The molecule has 1 aliphatic rings. The van der Waals surface area contributed by atoms with E-state index in [0.29, 0.717) is 5.92 Å². The minimum Gasteiger partial charge on any atom is -0.486 e. The maximum Gasteiger partial charge on any atom is 0.180 e. The minimum atomic E-state index is -0.508. The van der Waals surface area contributed by atoms with Crippen LogP contribution < -0.4 is 10.1 Å². The van der Waals surface area contributed by atoms with Crippen molar-refractivity contribution in [2.75, 3.05) is 13.1 Å². The fourth-order valence-electron chi connectivity index (χ4n) is 1.99. The molecule has 0 saturated carbocycles. The van der Waals surface area contributed by atoms with E-state index in [1.165, 1.54) is 6.07 Å². The van der Waals surface area contributed by atoms with Gasteiger partial charge in [0.2, 0.25) is 0 Å². The summed E-state index contributed by atoms with van der Waals surface area (Å²) in [5.74, 6) is 0.0771. The Bertz CT molecular complexity index is 487. The molecule has 1 fully saturated rings. The van der Waals surface area contributed by atoms with Gasteiger partial charge in [0.25, 0.3) is 0 Å². The lowest BCUT2D eigenvalue weighted by Gasteiger charge is -2.30. The fourth-order valence-corrected chi connectivity index (χ4v) is 2.41. The summed E-state index contributed by atoms with van der Waals surface area (Å²) in [5.41, 5.74) is 0.273. The van der Waals surface area contributed by atoms with E-state index in [4.69, 9.17) is 10.00 Å². The second kappa shape index (κ2) is 5.68. The first-order chi connectivity index (χ1) is 8.63. The van der Waals surface area contributed by atoms with E-state index >= 15 is 0 Å². The highest BCUT2D eigenvalue weighted by atomic mass is 79.9. The van der Waals surface area contributed by atoms with Crippen LogP contribution in [0.1, 0.15) is 18.9 Å². The number of nitrogens with zero attached hydrogens (tertiary/aromatic N) is 1. The molecule has 1 heterocycles. The molecule has 2 unspecified atom stereocenters. The smallest absolute Gasteiger partial charge is 0.180 e. The number of benzene rings is 1. The molecule has 96 valence electrons. The topological polar surface area (TPSA) is 45.0 Å². The Morgan fingerprint density at radius 3 is 3.00 bits per heavy atom. The van der Waals surface area contributed by atoms with Gasteiger partial charge in [0.05, 0.1) is 10.0 Å². The second-order valence-corrected chi connectivity index (χ2v) is 5.27. The van der Waals surface area contributed by atoms with E-state index < -0.39 is 5.82 Å². The number of piperidine rings is 1. The third-order valence-electron chi connectivity index (χ3n) is 3.20. The van der Waals surface area contributed by atoms with Crippen LogP contribution >= 0.6 is 15.9 Å². The molecule has 1 aliphatic heterocycles. The van der Waals surface area contributed by atoms with Crippen LogP contribution in [-0.2, 0) is 0 Å². The van der Waals surface area contributed by atoms with E-state index in [-0.39, 0.29) is 21.9 Å². The highest BCUT2D eigenvalue weighted by Crippen LogP contribution is 2.30. The number of hydrogen-bond acceptors (Lipinski definition) is 3. The van der Waals surface area contributed by atoms with Crippen LogP contribution in [0.2, 0.25) is 0 Å². The van der Waals surface area contributed by atoms with Gasteiger partial charge in [-0.1, -0.05) is 6.92 Å². The zero-order valence-electron chi connectivity index (χ0n) is 10.0. The van der Waals surface area contributed by atoms with Crippen LogP contribution in [0.25, 0.3) is 0 Å². The Morgan fingerprint density at radius 2 is 2.33 bits per heavy atom. The van der Waals surface area contributed by atoms with Crippen molar-refractivity contribution in [1.82, 2.24) is 5.32 Å². The third kappa shape index (κ3) is 2.65. The van der Waals surface area contributed by atoms with E-state index in [2.05, 4.69) is 28.2 Å².